The van der Waals surface area contributed by atoms with Gasteiger partial charge in [0.15, 0.2) is 0 Å². The van der Waals surface area contributed by atoms with Crippen molar-refractivity contribution < 1.29 is 9.53 Å². The highest BCUT2D eigenvalue weighted by Gasteiger charge is 2.51. The van der Waals surface area contributed by atoms with Gasteiger partial charge in [-0.1, -0.05) is 39.3 Å². The summed E-state index contributed by atoms with van der Waals surface area (Å²) in [7, 11) is -3.27. The summed E-state index contributed by atoms with van der Waals surface area (Å²) in [5.74, 6) is -0.148. The molecule has 0 unspecified atom stereocenters. The standard InChI is InChI=1S/C10H18Br2O2Si2/c1-15(2,3)7-8(16(4,5)6)10(11,12)14-9(7)13/h1-6H3. The molecule has 1 heterocycles. The van der Waals surface area contributed by atoms with Gasteiger partial charge in [0.2, 0.25) is 3.42 Å². The smallest absolute Gasteiger partial charge is 0.332 e. The zero-order valence-corrected chi connectivity index (χ0v) is 15.7. The minimum absolute atomic E-state index is 0.148. The van der Waals surface area contributed by atoms with E-state index in [1.54, 1.807) is 0 Å². The summed E-state index contributed by atoms with van der Waals surface area (Å²) >= 11 is 6.98. The highest BCUT2D eigenvalue weighted by molar-refractivity contribution is 9.25. The second-order valence-electron chi connectivity index (χ2n) is 6.16. The van der Waals surface area contributed by atoms with Crippen LogP contribution in [-0.2, 0) is 9.53 Å². The van der Waals surface area contributed by atoms with Gasteiger partial charge in [0, 0.05) is 5.20 Å². The third-order valence-corrected chi connectivity index (χ3v) is 8.62. The van der Waals surface area contributed by atoms with E-state index in [1.165, 1.54) is 5.20 Å². The first-order valence-corrected chi connectivity index (χ1v) is 13.8. The molecule has 0 spiro atoms. The molecule has 0 atom stereocenters. The van der Waals surface area contributed by atoms with Crippen molar-refractivity contribution in [3.05, 3.63) is 10.4 Å². The number of halogens is 2. The van der Waals surface area contributed by atoms with Crippen LogP contribution in [-0.4, -0.2) is 25.5 Å². The Bertz CT molecular complexity index is 362. The second kappa shape index (κ2) is 4.07. The molecule has 1 rings (SSSR count). The van der Waals surface area contributed by atoms with Gasteiger partial charge in [0.05, 0.1) is 16.1 Å². The van der Waals surface area contributed by atoms with E-state index in [9.17, 15) is 4.79 Å². The van der Waals surface area contributed by atoms with E-state index in [4.69, 9.17) is 4.74 Å². The van der Waals surface area contributed by atoms with E-state index in [0.717, 1.165) is 5.20 Å². The first kappa shape index (κ1) is 14.7. The number of hydrogen-bond donors (Lipinski definition) is 0. The van der Waals surface area contributed by atoms with Gasteiger partial charge in [0.25, 0.3) is 0 Å². The topological polar surface area (TPSA) is 26.3 Å². The van der Waals surface area contributed by atoms with Gasteiger partial charge < -0.3 is 4.74 Å². The maximum atomic E-state index is 12.0. The van der Waals surface area contributed by atoms with Crippen molar-refractivity contribution in [2.75, 3.05) is 0 Å². The molecule has 1 aliphatic heterocycles. The number of carbonyl (C=O) groups excluding carboxylic acids is 1. The Labute approximate surface area is 116 Å². The van der Waals surface area contributed by atoms with Crippen LogP contribution in [0.4, 0.5) is 0 Å². The molecule has 1 aliphatic rings. The lowest BCUT2D eigenvalue weighted by molar-refractivity contribution is -0.137. The second-order valence-corrected chi connectivity index (χ2v) is 19.5. The Morgan fingerprint density at radius 2 is 1.44 bits per heavy atom. The van der Waals surface area contributed by atoms with Gasteiger partial charge in [-0.05, 0) is 37.1 Å². The summed E-state index contributed by atoms with van der Waals surface area (Å²) in [6.07, 6.45) is 0. The number of ether oxygens (including phenoxy) is 1. The first-order valence-electron chi connectivity index (χ1n) is 5.24. The molecule has 0 radical (unpaired) electrons. The fourth-order valence-electron chi connectivity index (χ4n) is 1.96. The van der Waals surface area contributed by atoms with E-state index < -0.39 is 19.6 Å². The van der Waals surface area contributed by atoms with Gasteiger partial charge in [-0.2, -0.15) is 0 Å². The van der Waals surface area contributed by atoms with Gasteiger partial charge in [-0.15, -0.1) is 0 Å². The Hall–Kier alpha value is 0.604. The van der Waals surface area contributed by atoms with Gasteiger partial charge in [0.1, 0.15) is 0 Å². The van der Waals surface area contributed by atoms with Crippen molar-refractivity contribution in [1.29, 1.82) is 0 Å². The molecule has 0 aromatic carbocycles. The molecule has 0 aromatic heterocycles. The van der Waals surface area contributed by atoms with Crippen LogP contribution in [0.5, 0.6) is 0 Å². The summed E-state index contributed by atoms with van der Waals surface area (Å²) in [6, 6.07) is 0. The lowest BCUT2D eigenvalue weighted by Crippen LogP contribution is -2.37. The Kier molecular flexibility index (Phi) is 3.73. The molecule has 0 amide bonds. The summed E-state index contributed by atoms with van der Waals surface area (Å²) in [5, 5.41) is 2.13. The number of esters is 1. The maximum Gasteiger partial charge on any atom is 0.332 e. The quantitative estimate of drug-likeness (QED) is 0.407. The first-order chi connectivity index (χ1) is 6.87. The molecule has 0 aliphatic carbocycles. The predicted octanol–water partition coefficient (Wildman–Crippen LogP) is 4.04. The SMILES string of the molecule is C[Si](C)(C)C1=C([Si](C)(C)C)C(Br)(Br)OC1=O. The van der Waals surface area contributed by atoms with Crippen LogP contribution in [0.15, 0.2) is 10.4 Å². The zero-order chi connectivity index (χ0) is 12.9. The predicted molar refractivity (Wildman–Crippen MR) is 80.4 cm³/mol. The van der Waals surface area contributed by atoms with E-state index in [1.807, 2.05) is 0 Å². The van der Waals surface area contributed by atoms with Crippen LogP contribution < -0.4 is 0 Å². The lowest BCUT2D eigenvalue weighted by Gasteiger charge is -2.28. The van der Waals surface area contributed by atoms with E-state index >= 15 is 0 Å². The number of rotatable bonds is 2. The molecule has 0 bridgehead atoms. The average molecular weight is 386 g/mol. The zero-order valence-electron chi connectivity index (χ0n) is 10.6. The Balaban J connectivity index is 3.50. The highest BCUT2D eigenvalue weighted by Crippen LogP contribution is 2.49. The van der Waals surface area contributed by atoms with Crippen LogP contribution in [0, 0.1) is 0 Å². The lowest BCUT2D eigenvalue weighted by atomic mass is 10.5. The largest absolute Gasteiger partial charge is 0.430 e. The number of hydrogen-bond acceptors (Lipinski definition) is 2. The molecule has 6 heteroatoms. The highest BCUT2D eigenvalue weighted by atomic mass is 79.9. The van der Waals surface area contributed by atoms with Gasteiger partial charge >= 0.3 is 5.97 Å². The molecular formula is C10H18Br2O2Si2. The summed E-state index contributed by atoms with van der Waals surface area (Å²) in [5.41, 5.74) is 0. The van der Waals surface area contributed by atoms with Crippen LogP contribution in [0.25, 0.3) is 0 Å². The minimum Gasteiger partial charge on any atom is -0.430 e. The number of carbonyl (C=O) groups is 1. The maximum absolute atomic E-state index is 12.0. The third kappa shape index (κ3) is 2.71. The van der Waals surface area contributed by atoms with Crippen molar-refractivity contribution in [3.8, 4) is 0 Å². The molecule has 0 aromatic rings. The van der Waals surface area contributed by atoms with Gasteiger partial charge in [-0.25, -0.2) is 4.79 Å². The fourth-order valence-corrected chi connectivity index (χ4v) is 12.2. The van der Waals surface area contributed by atoms with E-state index in [-0.39, 0.29) is 5.97 Å². The molecule has 0 saturated heterocycles. The molecule has 2 nitrogen and oxygen atoms in total. The van der Waals surface area contributed by atoms with Crippen molar-refractivity contribution in [3.63, 3.8) is 0 Å². The molecular weight excluding hydrogens is 368 g/mol. The molecule has 16 heavy (non-hydrogen) atoms. The molecule has 0 N–H and O–H groups in total. The number of alkyl halides is 2. The van der Waals surface area contributed by atoms with Crippen molar-refractivity contribution >= 4 is 54.0 Å². The van der Waals surface area contributed by atoms with Crippen molar-refractivity contribution in [1.82, 2.24) is 0 Å². The van der Waals surface area contributed by atoms with Gasteiger partial charge in [-0.3, -0.25) is 0 Å². The fraction of sp³-hybridized carbons (Fsp3) is 0.700. The van der Waals surface area contributed by atoms with Crippen LogP contribution in [0.2, 0.25) is 39.3 Å². The van der Waals surface area contributed by atoms with E-state index in [2.05, 4.69) is 71.1 Å². The van der Waals surface area contributed by atoms with Crippen LogP contribution in [0.3, 0.4) is 0 Å². The van der Waals surface area contributed by atoms with Crippen LogP contribution in [0.1, 0.15) is 0 Å². The van der Waals surface area contributed by atoms with Crippen molar-refractivity contribution in [2.24, 2.45) is 0 Å². The average Bonchev–Trinajstić information content (AvgIpc) is 2.16. The summed E-state index contributed by atoms with van der Waals surface area (Å²) in [4.78, 5) is 12.0. The third-order valence-electron chi connectivity index (χ3n) is 2.47. The number of cyclic esters (lactones) is 1. The molecule has 0 saturated carbocycles. The molecule has 0 fully saturated rings. The Morgan fingerprint density at radius 1 is 1.00 bits per heavy atom. The Morgan fingerprint density at radius 3 is 1.69 bits per heavy atom. The normalized spacial score (nSPS) is 21.4. The summed E-state index contributed by atoms with van der Waals surface area (Å²) in [6.45, 7) is 13.3. The van der Waals surface area contributed by atoms with E-state index in [0.29, 0.717) is 0 Å². The van der Waals surface area contributed by atoms with Crippen LogP contribution >= 0.6 is 31.9 Å². The van der Waals surface area contributed by atoms with Crippen molar-refractivity contribution in [2.45, 2.75) is 42.7 Å². The minimum atomic E-state index is -1.67. The summed E-state index contributed by atoms with van der Waals surface area (Å²) < 4.78 is 4.66. The molecule has 92 valence electrons. The monoisotopic (exact) mass is 384 g/mol.